The third-order valence-corrected chi connectivity index (χ3v) is 6.92. The first-order chi connectivity index (χ1) is 19.4. The average Bonchev–Trinajstić information content (AvgIpc) is 3.30. The van der Waals surface area contributed by atoms with E-state index in [2.05, 4.69) is 41.2 Å². The van der Waals surface area contributed by atoms with Gasteiger partial charge in [-0.1, -0.05) is 50.6 Å². The molecule has 1 unspecified atom stereocenters. The molecule has 220 valence electrons. The maximum atomic E-state index is 12.8. The molecular weight excluding hydrogens is 529 g/mol. The number of hydrogen-bond acceptors (Lipinski definition) is 5. The maximum Gasteiger partial charge on any atom is 0.413 e. The van der Waals surface area contributed by atoms with Gasteiger partial charge in [-0.25, -0.2) is 9.98 Å². The highest BCUT2D eigenvalue weighted by molar-refractivity contribution is 5.85. The van der Waals surface area contributed by atoms with Crippen LogP contribution in [-0.4, -0.2) is 70.7 Å². The predicted octanol–water partition coefficient (Wildman–Crippen LogP) is 4.54. The lowest BCUT2D eigenvalue weighted by atomic mass is 10.0. The van der Waals surface area contributed by atoms with Gasteiger partial charge in [-0.15, -0.1) is 6.42 Å². The van der Waals surface area contributed by atoms with Crippen LogP contribution in [0.5, 0.6) is 0 Å². The Balaban J connectivity index is 1.58. The number of terminal acetylenes is 1. The van der Waals surface area contributed by atoms with Gasteiger partial charge in [-0.3, -0.25) is 4.90 Å². The third-order valence-electron chi connectivity index (χ3n) is 6.92. The normalized spacial score (nSPS) is 17.3. The minimum Gasteiger partial charge on any atom is -0.436 e. The second kappa shape index (κ2) is 14.3. The second-order valence-corrected chi connectivity index (χ2v) is 10.5. The molecule has 3 rings (SSSR count). The van der Waals surface area contributed by atoms with E-state index in [0.29, 0.717) is 61.6 Å². The zero-order valence-electron chi connectivity index (χ0n) is 24.2. The number of piperazine rings is 1. The number of nitrogens with zero attached hydrogens (tertiary/aromatic N) is 4. The van der Waals surface area contributed by atoms with Crippen LogP contribution in [0.2, 0.25) is 0 Å². The van der Waals surface area contributed by atoms with Crippen molar-refractivity contribution < 1.29 is 22.7 Å². The molecule has 9 heteroatoms. The maximum absolute atomic E-state index is 12.8. The van der Waals surface area contributed by atoms with Crippen LogP contribution in [0.1, 0.15) is 39.7 Å². The summed E-state index contributed by atoms with van der Waals surface area (Å²) in [5.74, 6) is 3.70. The van der Waals surface area contributed by atoms with Crippen molar-refractivity contribution in [1.82, 2.24) is 14.8 Å². The van der Waals surface area contributed by atoms with Crippen LogP contribution in [0, 0.1) is 18.3 Å². The highest BCUT2D eigenvalue weighted by Gasteiger charge is 2.30. The third kappa shape index (κ3) is 8.94. The van der Waals surface area contributed by atoms with E-state index in [1.54, 1.807) is 0 Å². The highest BCUT2D eigenvalue weighted by Crippen LogP contribution is 2.25. The molecule has 1 aliphatic heterocycles. The Morgan fingerprint density at radius 3 is 2.44 bits per heavy atom. The summed E-state index contributed by atoms with van der Waals surface area (Å²) in [6.45, 7) is 14.1. The molecule has 2 aromatic rings. The molecule has 1 N–H and O–H groups in total. The van der Waals surface area contributed by atoms with E-state index < -0.39 is 17.9 Å². The van der Waals surface area contributed by atoms with Crippen LogP contribution in [0.25, 0.3) is 23.6 Å². The number of hydrogen-bond donors (Lipinski definition) is 1. The van der Waals surface area contributed by atoms with Crippen molar-refractivity contribution in [3.8, 4) is 23.8 Å². The topological polar surface area (TPSA) is 65.1 Å². The number of aliphatic hydroxyl groups is 1. The molecule has 0 radical (unpaired) electrons. The average molecular weight is 569 g/mol. The van der Waals surface area contributed by atoms with E-state index in [4.69, 9.17) is 10.8 Å². The molecule has 2 heterocycles. The molecule has 0 saturated carbocycles. The smallest absolute Gasteiger partial charge is 0.413 e. The number of β-amino-alcohol motifs (C(OH)–C–C–N with tert-alkyl or cyclic N) is 1. The molecule has 1 aromatic carbocycles. The largest absolute Gasteiger partial charge is 0.436 e. The number of amidine groups is 1. The minimum absolute atomic E-state index is 0.151. The highest BCUT2D eigenvalue weighted by atomic mass is 19.4. The monoisotopic (exact) mass is 568 g/mol. The van der Waals surface area contributed by atoms with Gasteiger partial charge < -0.3 is 14.4 Å². The fraction of sp³-hybridized carbons (Fsp3) is 0.438. The fourth-order valence-corrected chi connectivity index (χ4v) is 4.59. The van der Waals surface area contributed by atoms with E-state index in [0.717, 1.165) is 29.8 Å². The SMILES string of the molecule is C#CCC(=N/C=C(\C)C(F)(F)F)N1CCN(CC(O)Cc2ccc(-c3nc(=C)/c(=C(\C=C/C)C(C)C)o3)cc2)CC1. The Morgan fingerprint density at radius 2 is 1.88 bits per heavy atom. The summed E-state index contributed by atoms with van der Waals surface area (Å²) in [4.78, 5) is 12.6. The Hall–Kier alpha value is -3.61. The summed E-state index contributed by atoms with van der Waals surface area (Å²) in [5.41, 5.74) is 2.79. The number of benzene rings is 1. The summed E-state index contributed by atoms with van der Waals surface area (Å²) in [6, 6.07) is 7.78. The van der Waals surface area contributed by atoms with Gasteiger partial charge in [0.25, 0.3) is 0 Å². The molecule has 0 amide bonds. The number of alkyl halides is 3. The van der Waals surface area contributed by atoms with Gasteiger partial charge in [-0.2, -0.15) is 13.2 Å². The van der Waals surface area contributed by atoms with E-state index >= 15 is 0 Å². The second-order valence-electron chi connectivity index (χ2n) is 10.5. The van der Waals surface area contributed by atoms with Gasteiger partial charge in [0, 0.05) is 50.1 Å². The summed E-state index contributed by atoms with van der Waals surface area (Å²) < 4.78 is 44.5. The number of aliphatic hydroxyl groups excluding tert-OH is 1. The molecule has 41 heavy (non-hydrogen) atoms. The number of aliphatic imine (C=N–C) groups is 1. The van der Waals surface area contributed by atoms with Crippen LogP contribution < -0.4 is 10.8 Å². The number of halogens is 3. The van der Waals surface area contributed by atoms with E-state index in [1.807, 2.05) is 48.2 Å². The summed E-state index contributed by atoms with van der Waals surface area (Å²) in [6.07, 6.45) is 5.89. The van der Waals surface area contributed by atoms with Crippen molar-refractivity contribution >= 4 is 18.0 Å². The molecule has 6 nitrogen and oxygen atoms in total. The molecule has 1 fully saturated rings. The van der Waals surface area contributed by atoms with Crippen LogP contribution in [0.15, 0.2) is 57.6 Å². The Kier molecular flexibility index (Phi) is 11.2. The molecule has 0 bridgehead atoms. The first kappa shape index (κ1) is 31.9. The Bertz CT molecular complexity index is 1400. The van der Waals surface area contributed by atoms with Crippen molar-refractivity contribution in [2.75, 3.05) is 32.7 Å². The molecule has 1 atom stereocenters. The lowest BCUT2D eigenvalue weighted by molar-refractivity contribution is -0.0914. The van der Waals surface area contributed by atoms with E-state index in [-0.39, 0.29) is 12.3 Å². The van der Waals surface area contributed by atoms with Crippen molar-refractivity contribution in [3.63, 3.8) is 0 Å². The Morgan fingerprint density at radius 1 is 1.22 bits per heavy atom. The first-order valence-electron chi connectivity index (χ1n) is 13.7. The van der Waals surface area contributed by atoms with Crippen molar-refractivity contribution in [2.45, 2.75) is 52.8 Å². The first-order valence-corrected chi connectivity index (χ1v) is 13.7. The summed E-state index contributed by atoms with van der Waals surface area (Å²) in [7, 11) is 0. The Labute approximate surface area is 240 Å². The number of allylic oxidation sites excluding steroid dienone is 3. The van der Waals surface area contributed by atoms with E-state index in [1.165, 1.54) is 0 Å². The van der Waals surface area contributed by atoms with Gasteiger partial charge in [0.15, 0.2) is 5.42 Å². The molecule has 1 saturated heterocycles. The zero-order valence-corrected chi connectivity index (χ0v) is 24.2. The fourth-order valence-electron chi connectivity index (χ4n) is 4.59. The lowest BCUT2D eigenvalue weighted by Gasteiger charge is -2.37. The van der Waals surface area contributed by atoms with Crippen molar-refractivity contribution in [1.29, 1.82) is 0 Å². The van der Waals surface area contributed by atoms with Gasteiger partial charge in [0.1, 0.15) is 11.2 Å². The minimum atomic E-state index is -4.42. The molecule has 1 aromatic heterocycles. The molecular formula is C32H39F3N4O2. The van der Waals surface area contributed by atoms with Gasteiger partial charge >= 0.3 is 6.18 Å². The number of rotatable bonds is 9. The molecule has 0 spiro atoms. The standard InChI is InChI=1S/C32H39F3N4O2/c1-7-9-28(22(3)4)30-24(6)37-31(41-30)26-13-11-25(12-14-26)19-27(40)21-38-15-17-39(18-16-38)29(10-8-2)36-20-23(5)32(33,34)35/h2,7,9,11-14,20,22,27,40H,6,10,15-19,21H2,1,3-5H3/b9-7-,23-20+,30-28-,36-29?. The van der Waals surface area contributed by atoms with Crippen LogP contribution in [0.3, 0.4) is 0 Å². The number of aromatic nitrogens is 1. The van der Waals surface area contributed by atoms with Gasteiger partial charge in [0.2, 0.25) is 5.89 Å². The predicted molar refractivity (Wildman–Crippen MR) is 158 cm³/mol. The lowest BCUT2D eigenvalue weighted by Crippen LogP contribution is -2.50. The van der Waals surface area contributed by atoms with Crippen molar-refractivity contribution in [3.05, 3.63) is 64.5 Å². The molecule has 0 aliphatic carbocycles. The van der Waals surface area contributed by atoms with Crippen molar-refractivity contribution in [2.24, 2.45) is 10.9 Å². The van der Waals surface area contributed by atoms with Crippen LogP contribution in [-0.2, 0) is 6.42 Å². The van der Waals surface area contributed by atoms with Gasteiger partial charge in [-0.05, 0) is 49.5 Å². The van der Waals surface area contributed by atoms with Crippen LogP contribution >= 0.6 is 0 Å². The van der Waals surface area contributed by atoms with E-state index in [9.17, 15) is 18.3 Å². The summed E-state index contributed by atoms with van der Waals surface area (Å²) in [5, 5.41) is 11.4. The molecule has 1 aliphatic rings. The van der Waals surface area contributed by atoms with Gasteiger partial charge in [0.05, 0.1) is 12.5 Å². The quantitative estimate of drug-likeness (QED) is 0.273. The number of oxazole rings is 1. The zero-order chi connectivity index (χ0) is 30.2. The van der Waals surface area contributed by atoms with Crippen LogP contribution in [0.4, 0.5) is 13.2 Å². The summed E-state index contributed by atoms with van der Waals surface area (Å²) >= 11 is 0.